The molecule has 1 unspecified atom stereocenters. The molecule has 1 aliphatic heterocycles. The lowest BCUT2D eigenvalue weighted by Crippen LogP contribution is -2.47. The number of amides is 3. The average Bonchev–Trinajstić information content (AvgIpc) is 3.63. The topological polar surface area (TPSA) is 77.6 Å². The van der Waals surface area contributed by atoms with Gasteiger partial charge in [-0.1, -0.05) is 11.6 Å². The molecular formula is C23H27ClFN5O2S. The zero-order chi connectivity index (χ0) is 23.2. The number of hydrogen-bond acceptors (Lipinski definition) is 5. The maximum atomic E-state index is 14.5. The molecule has 4 rings (SSSR count). The number of piperidine rings is 1. The zero-order valence-electron chi connectivity index (χ0n) is 18.2. The van der Waals surface area contributed by atoms with Gasteiger partial charge in [0.2, 0.25) is 5.91 Å². The van der Waals surface area contributed by atoms with Crippen LogP contribution in [0.5, 0.6) is 0 Å². The summed E-state index contributed by atoms with van der Waals surface area (Å²) in [5, 5.41) is 6.44. The monoisotopic (exact) mass is 491 g/mol. The molecule has 2 aliphatic rings. The van der Waals surface area contributed by atoms with Crippen LogP contribution in [0.1, 0.15) is 25.7 Å². The second kappa shape index (κ2) is 11.1. The van der Waals surface area contributed by atoms with Gasteiger partial charge in [-0.3, -0.25) is 9.10 Å². The number of benzene rings is 1. The van der Waals surface area contributed by atoms with Gasteiger partial charge in [0.1, 0.15) is 6.54 Å². The number of urea groups is 1. The van der Waals surface area contributed by atoms with Crippen LogP contribution >= 0.6 is 23.5 Å². The predicted molar refractivity (Wildman–Crippen MR) is 128 cm³/mol. The first-order chi connectivity index (χ1) is 16.0. The standard InChI is InChI=1S/C23H27ClFN5O2S/c24-17-5-9-19(10-6-17)33-30(22-20(25)4-1-11-26-22)15-21(31)29-12-2-3-16(14-29)13-27-23(32)28-18-7-8-18/h1,4-6,9-11,16,18H,2-3,7-8,12-15H2,(H2,27,28,32). The van der Waals surface area contributed by atoms with Crippen LogP contribution in [0.3, 0.4) is 0 Å². The van der Waals surface area contributed by atoms with Gasteiger partial charge in [-0.05, 0) is 79.9 Å². The minimum atomic E-state index is -0.492. The predicted octanol–water partition coefficient (Wildman–Crippen LogP) is 4.09. The number of nitrogens with zero attached hydrogens (tertiary/aromatic N) is 3. The Balaban J connectivity index is 1.38. The van der Waals surface area contributed by atoms with Crippen LogP contribution in [0.25, 0.3) is 0 Å². The van der Waals surface area contributed by atoms with Crippen molar-refractivity contribution in [3.05, 3.63) is 53.4 Å². The van der Waals surface area contributed by atoms with Crippen LogP contribution in [0.4, 0.5) is 15.0 Å². The van der Waals surface area contributed by atoms with Gasteiger partial charge in [0.15, 0.2) is 11.6 Å². The van der Waals surface area contributed by atoms with E-state index in [2.05, 4.69) is 15.6 Å². The summed E-state index contributed by atoms with van der Waals surface area (Å²) in [4.78, 5) is 31.9. The number of pyridine rings is 1. The van der Waals surface area contributed by atoms with Gasteiger partial charge in [0.25, 0.3) is 0 Å². The minimum Gasteiger partial charge on any atom is -0.341 e. The van der Waals surface area contributed by atoms with E-state index in [0.717, 1.165) is 30.6 Å². The number of anilines is 1. The molecule has 2 N–H and O–H groups in total. The number of hydrogen-bond donors (Lipinski definition) is 2. The van der Waals surface area contributed by atoms with Crippen molar-refractivity contribution < 1.29 is 14.0 Å². The summed E-state index contributed by atoms with van der Waals surface area (Å²) in [5.41, 5.74) is 0. The number of aromatic nitrogens is 1. The van der Waals surface area contributed by atoms with E-state index in [4.69, 9.17) is 11.6 Å². The lowest BCUT2D eigenvalue weighted by atomic mass is 9.98. The van der Waals surface area contributed by atoms with E-state index in [1.54, 1.807) is 21.3 Å². The smallest absolute Gasteiger partial charge is 0.315 e. The number of likely N-dealkylation sites (tertiary alicyclic amines) is 1. The van der Waals surface area contributed by atoms with Crippen molar-refractivity contribution in [2.24, 2.45) is 5.92 Å². The Kier molecular flexibility index (Phi) is 7.93. The molecule has 2 heterocycles. The summed E-state index contributed by atoms with van der Waals surface area (Å²) < 4.78 is 16.1. The molecule has 7 nitrogen and oxygen atoms in total. The van der Waals surface area contributed by atoms with Crippen LogP contribution in [0, 0.1) is 11.7 Å². The third kappa shape index (κ3) is 6.98. The number of carbonyl (C=O) groups is 2. The molecule has 33 heavy (non-hydrogen) atoms. The van der Waals surface area contributed by atoms with Gasteiger partial charge in [0.05, 0.1) is 0 Å². The highest BCUT2D eigenvalue weighted by Gasteiger charge is 2.28. The van der Waals surface area contributed by atoms with E-state index in [9.17, 15) is 14.0 Å². The van der Waals surface area contributed by atoms with E-state index >= 15 is 0 Å². The fraction of sp³-hybridized carbons (Fsp3) is 0.435. The van der Waals surface area contributed by atoms with Crippen molar-refractivity contribution >= 4 is 41.3 Å². The Hall–Kier alpha value is -2.52. The highest BCUT2D eigenvalue weighted by molar-refractivity contribution is 8.00. The molecule has 2 fully saturated rings. The second-order valence-corrected chi connectivity index (χ2v) is 9.90. The third-order valence-corrected chi connectivity index (χ3v) is 6.88. The van der Waals surface area contributed by atoms with Gasteiger partial charge in [-0.15, -0.1) is 0 Å². The van der Waals surface area contributed by atoms with Crippen LogP contribution in [0.15, 0.2) is 47.5 Å². The fourth-order valence-corrected chi connectivity index (χ4v) is 4.75. The maximum absolute atomic E-state index is 14.5. The normalized spacial score (nSPS) is 18.0. The molecule has 176 valence electrons. The molecule has 1 aromatic carbocycles. The Morgan fingerprint density at radius 3 is 2.73 bits per heavy atom. The largest absolute Gasteiger partial charge is 0.341 e. The van der Waals surface area contributed by atoms with Crippen LogP contribution in [-0.2, 0) is 4.79 Å². The first-order valence-electron chi connectivity index (χ1n) is 11.1. The summed E-state index contributed by atoms with van der Waals surface area (Å²) in [7, 11) is 0. The summed E-state index contributed by atoms with van der Waals surface area (Å²) in [5.74, 6) is -0.294. The zero-order valence-corrected chi connectivity index (χ0v) is 19.7. The van der Waals surface area contributed by atoms with E-state index in [1.165, 1.54) is 30.3 Å². The Morgan fingerprint density at radius 1 is 1.21 bits per heavy atom. The lowest BCUT2D eigenvalue weighted by Gasteiger charge is -2.34. The van der Waals surface area contributed by atoms with Crippen molar-refractivity contribution in [3.8, 4) is 0 Å². The van der Waals surface area contributed by atoms with Crippen LogP contribution in [0.2, 0.25) is 5.02 Å². The van der Waals surface area contributed by atoms with Crippen molar-refractivity contribution in [1.29, 1.82) is 0 Å². The Bertz CT molecular complexity index is 976. The van der Waals surface area contributed by atoms with Gasteiger partial charge in [0, 0.05) is 41.8 Å². The molecule has 0 bridgehead atoms. The van der Waals surface area contributed by atoms with Crippen molar-refractivity contribution in [3.63, 3.8) is 0 Å². The number of nitrogens with one attached hydrogen (secondary N) is 2. The van der Waals surface area contributed by atoms with Gasteiger partial charge in [-0.2, -0.15) is 0 Å². The molecule has 1 aliphatic carbocycles. The lowest BCUT2D eigenvalue weighted by molar-refractivity contribution is -0.131. The average molecular weight is 492 g/mol. The molecule has 1 atom stereocenters. The first kappa shape index (κ1) is 23.6. The highest BCUT2D eigenvalue weighted by atomic mass is 35.5. The molecule has 2 aromatic rings. The van der Waals surface area contributed by atoms with Crippen molar-refractivity contribution in [2.75, 3.05) is 30.5 Å². The van der Waals surface area contributed by atoms with Crippen molar-refractivity contribution in [2.45, 2.75) is 36.6 Å². The van der Waals surface area contributed by atoms with Gasteiger partial charge < -0.3 is 15.5 Å². The molecule has 1 saturated carbocycles. The number of halogens is 2. The summed E-state index contributed by atoms with van der Waals surface area (Å²) >= 11 is 7.22. The number of rotatable bonds is 8. The number of carbonyl (C=O) groups excluding carboxylic acids is 2. The quantitative estimate of drug-likeness (QED) is 0.544. The third-order valence-electron chi connectivity index (χ3n) is 5.62. The molecule has 3 amide bonds. The molecule has 10 heteroatoms. The van der Waals surface area contributed by atoms with E-state index in [-0.39, 0.29) is 30.2 Å². The van der Waals surface area contributed by atoms with E-state index in [1.807, 2.05) is 12.1 Å². The summed E-state index contributed by atoms with van der Waals surface area (Å²) in [6, 6.07) is 10.2. The molecule has 0 radical (unpaired) electrons. The Morgan fingerprint density at radius 2 is 2.00 bits per heavy atom. The maximum Gasteiger partial charge on any atom is 0.315 e. The second-order valence-electron chi connectivity index (χ2n) is 8.37. The van der Waals surface area contributed by atoms with Gasteiger partial charge >= 0.3 is 6.03 Å². The SMILES string of the molecule is O=C(NCC1CCCN(C(=O)CN(Sc2ccc(Cl)cc2)c2ncccc2F)C1)NC1CC1. The Labute approximate surface area is 202 Å². The van der Waals surface area contributed by atoms with Crippen molar-refractivity contribution in [1.82, 2.24) is 20.5 Å². The first-order valence-corrected chi connectivity index (χ1v) is 12.3. The fourth-order valence-electron chi connectivity index (χ4n) is 3.72. The molecular weight excluding hydrogens is 465 g/mol. The summed E-state index contributed by atoms with van der Waals surface area (Å²) in [6.45, 7) is 1.71. The molecule has 0 spiro atoms. The van der Waals surface area contributed by atoms with E-state index in [0.29, 0.717) is 30.7 Å². The minimum absolute atomic E-state index is 0.0243. The summed E-state index contributed by atoms with van der Waals surface area (Å²) in [6.07, 6.45) is 5.41. The van der Waals surface area contributed by atoms with E-state index < -0.39 is 5.82 Å². The molecule has 1 aromatic heterocycles. The molecule has 1 saturated heterocycles. The van der Waals surface area contributed by atoms with Gasteiger partial charge in [-0.25, -0.2) is 14.2 Å². The van der Waals surface area contributed by atoms with Crippen LogP contribution in [-0.4, -0.2) is 54.0 Å². The van der Waals surface area contributed by atoms with Crippen LogP contribution < -0.4 is 14.9 Å². The highest BCUT2D eigenvalue weighted by Crippen LogP contribution is 2.30.